The Morgan fingerprint density at radius 2 is 1.07 bits per heavy atom. The van der Waals surface area contributed by atoms with Crippen molar-refractivity contribution in [1.82, 2.24) is 14.1 Å². The van der Waals surface area contributed by atoms with Gasteiger partial charge in [-0.05, 0) is 102 Å². The van der Waals surface area contributed by atoms with E-state index in [9.17, 15) is 0 Å². The van der Waals surface area contributed by atoms with E-state index in [0.717, 1.165) is 66.9 Å². The van der Waals surface area contributed by atoms with E-state index < -0.39 is 0 Å². The van der Waals surface area contributed by atoms with Crippen molar-refractivity contribution in [2.75, 3.05) is 0 Å². The number of hydrogen-bond donors (Lipinski definition) is 0. The first-order valence-electron chi connectivity index (χ1n) is 24.0. The summed E-state index contributed by atoms with van der Waals surface area (Å²) in [5, 5.41) is 2.21. The number of para-hydroxylation sites is 3. The van der Waals surface area contributed by atoms with Gasteiger partial charge in [0.05, 0.1) is 28.3 Å². The van der Waals surface area contributed by atoms with Gasteiger partial charge < -0.3 is 13.9 Å². The van der Waals surface area contributed by atoms with Crippen LogP contribution in [-0.4, -0.2) is 14.1 Å². The van der Waals surface area contributed by atoms with E-state index in [0.29, 0.717) is 11.5 Å². The number of hydrogen-bond acceptors (Lipinski definition) is 2. The number of rotatable bonds is 5. The molecule has 0 saturated carbocycles. The summed E-state index contributed by atoms with van der Waals surface area (Å²) >= 11 is 0. The largest absolute Gasteiger partial charge is 0.510 e. The summed E-state index contributed by atoms with van der Waals surface area (Å²) in [5.74, 6) is 2.01. The molecule has 0 saturated heterocycles. The monoisotopic (exact) mass is 1090 g/mol. The Morgan fingerprint density at radius 1 is 0.507 bits per heavy atom. The average molecular weight is 1090 g/mol. The summed E-state index contributed by atoms with van der Waals surface area (Å²) in [6, 6.07) is 80.9. The van der Waals surface area contributed by atoms with Crippen LogP contribution in [0.5, 0.6) is 11.5 Å². The average Bonchev–Trinajstić information content (AvgIpc) is 4.07. The first-order valence-corrected chi connectivity index (χ1v) is 24.0. The van der Waals surface area contributed by atoms with E-state index in [1.54, 1.807) is 0 Å². The van der Waals surface area contributed by atoms with Crippen LogP contribution in [0.25, 0.3) is 94.5 Å². The van der Waals surface area contributed by atoms with E-state index in [1.807, 2.05) is 18.2 Å². The Kier molecular flexibility index (Phi) is 9.99. The maximum absolute atomic E-state index is 6.80. The molecule has 0 spiro atoms. The Hall–Kier alpha value is -8.11. The van der Waals surface area contributed by atoms with Gasteiger partial charge in [0.2, 0.25) is 0 Å². The summed E-state index contributed by atoms with van der Waals surface area (Å²) in [5.41, 5.74) is 20.1. The van der Waals surface area contributed by atoms with Crippen molar-refractivity contribution in [3.63, 3.8) is 0 Å². The van der Waals surface area contributed by atoms with Crippen LogP contribution in [0.4, 0.5) is 0 Å². The zero-order valence-electron chi connectivity index (χ0n) is 39.2. The number of ether oxygens (including phenoxy) is 1. The number of benzene rings is 9. The van der Waals surface area contributed by atoms with Crippen LogP contribution < -0.4 is 9.30 Å². The first-order chi connectivity index (χ1) is 34.4. The van der Waals surface area contributed by atoms with Crippen LogP contribution in [0.2, 0.25) is 0 Å². The molecule has 0 unspecified atom stereocenters. The van der Waals surface area contributed by atoms with Crippen molar-refractivity contribution in [2.45, 2.75) is 32.1 Å². The van der Waals surface area contributed by atoms with Crippen LogP contribution in [0.1, 0.15) is 49.1 Å². The van der Waals surface area contributed by atoms with Gasteiger partial charge >= 0.3 is 0 Å². The molecule has 71 heavy (non-hydrogen) atoms. The molecule has 0 amide bonds. The molecule has 6 heteroatoms. The maximum Gasteiger partial charge on any atom is 0.268 e. The topological polar surface area (TPSA) is 35.9 Å². The molecule has 2 aliphatic rings. The fourth-order valence-electron chi connectivity index (χ4n) is 11.2. The maximum atomic E-state index is 6.80. The fourth-order valence-corrected chi connectivity index (χ4v) is 11.2. The molecule has 0 radical (unpaired) electrons. The third kappa shape index (κ3) is 6.78. The van der Waals surface area contributed by atoms with Gasteiger partial charge in [-0.2, -0.15) is 18.2 Å². The van der Waals surface area contributed by atoms with Crippen LogP contribution in [0.15, 0.2) is 206 Å². The van der Waals surface area contributed by atoms with Crippen molar-refractivity contribution < 1.29 is 30.4 Å². The molecule has 1 aliphatic heterocycles. The smallest absolute Gasteiger partial charge is 0.268 e. The summed E-state index contributed by atoms with van der Waals surface area (Å²) < 4.78 is 13.4. The van der Waals surface area contributed by atoms with Crippen molar-refractivity contribution in [3.05, 3.63) is 247 Å². The predicted molar refractivity (Wildman–Crippen MR) is 281 cm³/mol. The van der Waals surface area contributed by atoms with Crippen molar-refractivity contribution in [1.29, 1.82) is 0 Å². The molecule has 0 bridgehead atoms. The number of pyridine rings is 1. The minimum absolute atomic E-state index is 0. The Bertz CT molecular complexity index is 4070. The second kappa shape index (κ2) is 16.5. The Labute approximate surface area is 427 Å². The van der Waals surface area contributed by atoms with Gasteiger partial charge in [0.1, 0.15) is 5.82 Å². The Balaban J connectivity index is 0.00000492. The number of fused-ring (bicyclic) bond motifs is 13. The number of imidazole rings is 1. The second-order valence-corrected chi connectivity index (χ2v) is 19.5. The molecule has 0 N–H and O–H groups in total. The third-order valence-corrected chi connectivity index (χ3v) is 14.4. The van der Waals surface area contributed by atoms with Gasteiger partial charge in [-0.15, -0.1) is 29.7 Å². The molecule has 3 aromatic heterocycles. The SMILES string of the molecule is CC(C)(C)c1cc(C2c3ccccc3-c3ccccc32)nc(-n2c3[c-]c(Oc4[c-]c(-n5[c-][n+]6c7c(cccc75)-c5ccccc5-c5ccccc5-c5ccccc5-6)ccc4)ccc3c3ccccc32)c1.[Pt]. The zero-order chi connectivity index (χ0) is 46.7. The fraction of sp³-hybridized carbons (Fsp3) is 0.0769. The number of aromatic nitrogens is 4. The van der Waals surface area contributed by atoms with Crippen molar-refractivity contribution in [3.8, 4) is 73.2 Å². The first kappa shape index (κ1) is 42.9. The second-order valence-electron chi connectivity index (χ2n) is 19.5. The molecule has 4 heterocycles. The molecular formula is C65H44N4OPt-2. The van der Waals surface area contributed by atoms with Crippen LogP contribution in [0.3, 0.4) is 0 Å². The van der Waals surface area contributed by atoms with Gasteiger partial charge in [-0.25, -0.2) is 4.98 Å². The Morgan fingerprint density at radius 3 is 1.79 bits per heavy atom. The van der Waals surface area contributed by atoms with E-state index in [2.05, 4.69) is 241 Å². The minimum Gasteiger partial charge on any atom is -0.510 e. The van der Waals surface area contributed by atoms with E-state index >= 15 is 0 Å². The van der Waals surface area contributed by atoms with Crippen LogP contribution in [0, 0.1) is 18.5 Å². The van der Waals surface area contributed by atoms with E-state index in [1.165, 1.54) is 50.1 Å². The van der Waals surface area contributed by atoms with Gasteiger partial charge in [0.15, 0.2) is 0 Å². The van der Waals surface area contributed by atoms with E-state index in [4.69, 9.17) is 9.72 Å². The summed E-state index contributed by atoms with van der Waals surface area (Å²) in [7, 11) is 0. The van der Waals surface area contributed by atoms with Gasteiger partial charge in [0.25, 0.3) is 6.33 Å². The molecule has 5 nitrogen and oxygen atoms in total. The summed E-state index contributed by atoms with van der Waals surface area (Å²) in [6.07, 6.45) is 3.80. The van der Waals surface area contributed by atoms with Crippen molar-refractivity contribution in [2.24, 2.45) is 0 Å². The quantitative estimate of drug-likeness (QED) is 0.127. The van der Waals surface area contributed by atoms with Crippen LogP contribution >= 0.6 is 0 Å². The molecule has 9 aromatic carbocycles. The molecule has 14 rings (SSSR count). The van der Waals surface area contributed by atoms with Crippen molar-refractivity contribution >= 4 is 32.8 Å². The van der Waals surface area contributed by atoms with Gasteiger partial charge in [0, 0.05) is 38.1 Å². The van der Waals surface area contributed by atoms with E-state index in [-0.39, 0.29) is 32.4 Å². The summed E-state index contributed by atoms with van der Waals surface area (Å²) in [6.45, 7) is 6.84. The molecule has 0 fully saturated rings. The predicted octanol–water partition coefficient (Wildman–Crippen LogP) is 15.4. The van der Waals surface area contributed by atoms with Crippen LogP contribution in [-0.2, 0) is 26.5 Å². The standard InChI is InChI=1S/C65H44N4O.Pt/c1-65(2,3)41-36-57(63-54-28-10-8-23-48(54)49-24-9-11-29-55(49)63)66-62(37-41)69-59-32-15-13-27-52(59)53-35-34-44(39-61(53)69)70-43-19-16-18-42(38-43)67-40-68-58-31-14-12-26-51(58)47-22-6-4-20-45(47)46-21-5-7-25-50(46)56-30-17-33-60(67)64(56)68;/h4-37,63H,1-3H3;/q-2;. The molecule has 12 aromatic rings. The summed E-state index contributed by atoms with van der Waals surface area (Å²) in [4.78, 5) is 5.62. The minimum atomic E-state index is -0.139. The van der Waals surface area contributed by atoms with Gasteiger partial charge in [-0.3, -0.25) is 4.57 Å². The molecule has 0 atom stereocenters. The number of nitrogens with zero attached hydrogens (tertiary/aromatic N) is 4. The molecule has 342 valence electrons. The molecular weight excluding hydrogens is 1050 g/mol. The normalized spacial score (nSPS) is 12.5. The van der Waals surface area contributed by atoms with Gasteiger partial charge in [-0.1, -0.05) is 178 Å². The third-order valence-electron chi connectivity index (χ3n) is 14.4. The zero-order valence-corrected chi connectivity index (χ0v) is 41.5. The molecule has 1 aliphatic carbocycles.